The van der Waals surface area contributed by atoms with Crippen LogP contribution in [0, 0.1) is 0 Å². The molecule has 4 rings (SSSR count). The molecular weight excluding hydrogens is 330 g/mol. The summed E-state index contributed by atoms with van der Waals surface area (Å²) in [5, 5.41) is 14.1. The number of carbonyl (C=O) groups is 1. The average molecular weight is 349 g/mol. The lowest BCUT2D eigenvalue weighted by Gasteiger charge is -2.15. The molecule has 1 atom stereocenters. The highest BCUT2D eigenvalue weighted by molar-refractivity contribution is 5.93. The maximum Gasteiger partial charge on any atom is 0.267 e. The third-order valence-corrected chi connectivity index (χ3v) is 4.53. The van der Waals surface area contributed by atoms with Crippen molar-refractivity contribution in [2.45, 2.75) is 31.7 Å². The lowest BCUT2D eigenvalue weighted by atomic mass is 10.1. The van der Waals surface area contributed by atoms with Crippen LogP contribution in [0.15, 0.2) is 53.5 Å². The smallest absolute Gasteiger partial charge is 0.267 e. The maximum atomic E-state index is 12.6. The Morgan fingerprint density at radius 1 is 1.27 bits per heavy atom. The second-order valence-corrected chi connectivity index (χ2v) is 6.53. The second kappa shape index (κ2) is 6.59. The molecule has 1 aliphatic rings. The number of nitrogens with one attached hydrogen (secondary N) is 2. The van der Waals surface area contributed by atoms with E-state index >= 15 is 0 Å². The van der Waals surface area contributed by atoms with E-state index in [4.69, 9.17) is 0 Å². The van der Waals surface area contributed by atoms with Gasteiger partial charge in [0.25, 0.3) is 5.56 Å². The molecule has 0 aliphatic heterocycles. The Kier molecular flexibility index (Phi) is 4.12. The number of nitrogens with zero attached hydrogens (tertiary/aromatic N) is 3. The van der Waals surface area contributed by atoms with Gasteiger partial charge in [-0.15, -0.1) is 0 Å². The Bertz CT molecular complexity index is 989. The predicted octanol–water partition coefficient (Wildman–Crippen LogP) is 2.71. The molecule has 7 heteroatoms. The number of H-pyrrole nitrogens is 1. The van der Waals surface area contributed by atoms with E-state index in [0.717, 1.165) is 29.8 Å². The van der Waals surface area contributed by atoms with Gasteiger partial charge in [-0.2, -0.15) is 10.2 Å². The van der Waals surface area contributed by atoms with Gasteiger partial charge in [0.15, 0.2) is 0 Å². The number of rotatable bonds is 5. The number of hydrogen-bond donors (Lipinski definition) is 2. The fourth-order valence-corrected chi connectivity index (χ4v) is 2.85. The van der Waals surface area contributed by atoms with Gasteiger partial charge in [0.2, 0.25) is 5.91 Å². The topological polar surface area (TPSA) is 92.7 Å². The minimum atomic E-state index is -0.697. The summed E-state index contributed by atoms with van der Waals surface area (Å²) in [4.78, 5) is 24.8. The minimum Gasteiger partial charge on any atom is -0.324 e. The third kappa shape index (κ3) is 3.28. The number of anilines is 1. The molecule has 1 saturated carbocycles. The molecular formula is C19H19N5O2. The van der Waals surface area contributed by atoms with Crippen LogP contribution in [0.1, 0.15) is 37.4 Å². The zero-order valence-electron chi connectivity index (χ0n) is 14.3. The molecule has 2 heterocycles. The van der Waals surface area contributed by atoms with Crippen molar-refractivity contribution in [2.75, 3.05) is 5.32 Å². The molecule has 0 radical (unpaired) electrons. The van der Waals surface area contributed by atoms with E-state index in [-0.39, 0.29) is 11.5 Å². The normalized spacial score (nSPS) is 14.8. The molecule has 0 spiro atoms. The lowest BCUT2D eigenvalue weighted by molar-refractivity contribution is -0.119. The van der Waals surface area contributed by atoms with Crippen LogP contribution in [-0.4, -0.2) is 25.9 Å². The second-order valence-electron chi connectivity index (χ2n) is 6.53. The molecule has 26 heavy (non-hydrogen) atoms. The van der Waals surface area contributed by atoms with E-state index in [1.807, 2.05) is 24.3 Å². The number of aromatic nitrogens is 4. The molecule has 7 nitrogen and oxygen atoms in total. The standard InChI is InChI=1S/C19H19N5O2/c1-12(24-18(25)8-7-17(23-24)13-5-6-13)19(26)21-15-4-2-3-14(11-15)16-9-10-20-22-16/h2-4,7-13H,5-6H2,1H3,(H,20,22)(H,21,26). The van der Waals surface area contributed by atoms with Crippen molar-refractivity contribution >= 4 is 11.6 Å². The predicted molar refractivity (Wildman–Crippen MR) is 97.8 cm³/mol. The fourth-order valence-electron chi connectivity index (χ4n) is 2.85. The van der Waals surface area contributed by atoms with E-state index in [1.54, 1.807) is 25.3 Å². The quantitative estimate of drug-likeness (QED) is 0.741. The van der Waals surface area contributed by atoms with Crippen molar-refractivity contribution in [3.63, 3.8) is 0 Å². The Morgan fingerprint density at radius 3 is 2.85 bits per heavy atom. The van der Waals surface area contributed by atoms with Gasteiger partial charge in [-0.05, 0) is 44.0 Å². The summed E-state index contributed by atoms with van der Waals surface area (Å²) in [6.45, 7) is 1.68. The first kappa shape index (κ1) is 16.3. The lowest BCUT2D eigenvalue weighted by Crippen LogP contribution is -2.33. The Balaban J connectivity index is 1.54. The summed E-state index contributed by atoms with van der Waals surface area (Å²) < 4.78 is 1.27. The molecule has 2 aromatic heterocycles. The SMILES string of the molecule is CC(C(=O)Nc1cccc(-c2ccn[nH]2)c1)n1nc(C2CC2)ccc1=O. The van der Waals surface area contributed by atoms with Gasteiger partial charge >= 0.3 is 0 Å². The molecule has 1 aliphatic carbocycles. The average Bonchev–Trinajstić information content (AvgIpc) is 3.35. The van der Waals surface area contributed by atoms with Crippen molar-refractivity contribution in [2.24, 2.45) is 0 Å². The molecule has 3 aromatic rings. The van der Waals surface area contributed by atoms with Gasteiger partial charge < -0.3 is 5.32 Å². The summed E-state index contributed by atoms with van der Waals surface area (Å²) in [7, 11) is 0. The van der Waals surface area contributed by atoms with E-state index < -0.39 is 6.04 Å². The summed E-state index contributed by atoms with van der Waals surface area (Å²) >= 11 is 0. The van der Waals surface area contributed by atoms with Crippen LogP contribution in [0.3, 0.4) is 0 Å². The van der Waals surface area contributed by atoms with Gasteiger partial charge in [-0.3, -0.25) is 14.7 Å². The number of hydrogen-bond acceptors (Lipinski definition) is 4. The highest BCUT2D eigenvalue weighted by Gasteiger charge is 2.27. The molecule has 0 saturated heterocycles. The van der Waals surface area contributed by atoms with Crippen LogP contribution >= 0.6 is 0 Å². The number of amides is 1. The molecule has 1 amide bonds. The van der Waals surface area contributed by atoms with Gasteiger partial charge in [0.05, 0.1) is 11.4 Å². The van der Waals surface area contributed by atoms with E-state index in [9.17, 15) is 9.59 Å². The van der Waals surface area contributed by atoms with Crippen LogP contribution in [0.5, 0.6) is 0 Å². The van der Waals surface area contributed by atoms with E-state index in [0.29, 0.717) is 11.6 Å². The first-order valence-electron chi connectivity index (χ1n) is 8.62. The van der Waals surface area contributed by atoms with Crippen LogP contribution in [0.25, 0.3) is 11.3 Å². The number of carbonyl (C=O) groups excluding carboxylic acids is 1. The Labute approximate surface area is 150 Å². The fraction of sp³-hybridized carbons (Fsp3) is 0.263. The van der Waals surface area contributed by atoms with Crippen LogP contribution in [0.2, 0.25) is 0 Å². The molecule has 1 fully saturated rings. The molecule has 0 bridgehead atoms. The summed E-state index contributed by atoms with van der Waals surface area (Å²) in [6.07, 6.45) is 3.85. The van der Waals surface area contributed by atoms with Crippen molar-refractivity contribution in [3.05, 3.63) is 64.7 Å². The minimum absolute atomic E-state index is 0.275. The van der Waals surface area contributed by atoms with Crippen molar-refractivity contribution in [3.8, 4) is 11.3 Å². The van der Waals surface area contributed by atoms with Crippen LogP contribution in [-0.2, 0) is 4.79 Å². The van der Waals surface area contributed by atoms with Gasteiger partial charge in [0, 0.05) is 29.4 Å². The first-order chi connectivity index (χ1) is 12.6. The van der Waals surface area contributed by atoms with Crippen LogP contribution < -0.4 is 10.9 Å². The van der Waals surface area contributed by atoms with Crippen molar-refractivity contribution < 1.29 is 4.79 Å². The highest BCUT2D eigenvalue weighted by Crippen LogP contribution is 2.38. The largest absolute Gasteiger partial charge is 0.324 e. The highest BCUT2D eigenvalue weighted by atomic mass is 16.2. The van der Waals surface area contributed by atoms with Crippen LogP contribution in [0.4, 0.5) is 5.69 Å². The Morgan fingerprint density at radius 2 is 2.12 bits per heavy atom. The maximum absolute atomic E-state index is 12.6. The van der Waals surface area contributed by atoms with Gasteiger partial charge in [-0.25, -0.2) is 4.68 Å². The number of aromatic amines is 1. The first-order valence-corrected chi connectivity index (χ1v) is 8.62. The molecule has 1 unspecified atom stereocenters. The zero-order chi connectivity index (χ0) is 18.1. The monoisotopic (exact) mass is 349 g/mol. The van der Waals surface area contributed by atoms with Crippen molar-refractivity contribution in [1.82, 2.24) is 20.0 Å². The number of benzene rings is 1. The van der Waals surface area contributed by atoms with E-state index in [1.165, 1.54) is 10.7 Å². The van der Waals surface area contributed by atoms with E-state index in [2.05, 4.69) is 20.6 Å². The third-order valence-electron chi connectivity index (χ3n) is 4.53. The summed E-state index contributed by atoms with van der Waals surface area (Å²) in [6, 6.07) is 11.9. The van der Waals surface area contributed by atoms with Crippen molar-refractivity contribution in [1.29, 1.82) is 0 Å². The zero-order valence-corrected chi connectivity index (χ0v) is 14.3. The summed E-state index contributed by atoms with van der Waals surface area (Å²) in [5.41, 5.74) is 3.04. The molecule has 1 aromatic carbocycles. The Hall–Kier alpha value is -3.22. The molecule has 132 valence electrons. The summed E-state index contributed by atoms with van der Waals surface area (Å²) in [5.74, 6) is 0.137. The van der Waals surface area contributed by atoms with Gasteiger partial charge in [-0.1, -0.05) is 12.1 Å². The van der Waals surface area contributed by atoms with Gasteiger partial charge in [0.1, 0.15) is 6.04 Å². The molecule has 2 N–H and O–H groups in total.